The highest BCUT2D eigenvalue weighted by Crippen LogP contribution is 2.31. The summed E-state index contributed by atoms with van der Waals surface area (Å²) >= 11 is 0. The van der Waals surface area contributed by atoms with Crippen LogP contribution in [0.4, 0.5) is 13.2 Å². The third-order valence-corrected chi connectivity index (χ3v) is 4.32. The lowest BCUT2D eigenvalue weighted by Crippen LogP contribution is -2.47. The first kappa shape index (κ1) is 18.4. The predicted octanol–water partition coefficient (Wildman–Crippen LogP) is 2.46. The van der Waals surface area contributed by atoms with E-state index in [0.717, 1.165) is 25.2 Å². The fraction of sp³-hybridized carbons (Fsp3) is 0.471. The molecule has 0 spiro atoms. The Labute approximate surface area is 148 Å². The molecule has 6 nitrogen and oxygen atoms in total. The average molecular weight is 368 g/mol. The van der Waals surface area contributed by atoms with Gasteiger partial charge in [0.2, 0.25) is 17.6 Å². The largest absolute Gasteiger partial charge is 0.416 e. The average Bonchev–Trinajstić information content (AvgIpc) is 3.09. The molecule has 0 aliphatic carbocycles. The van der Waals surface area contributed by atoms with Crippen molar-refractivity contribution in [2.45, 2.75) is 19.0 Å². The molecular weight excluding hydrogens is 349 g/mol. The van der Waals surface area contributed by atoms with Crippen LogP contribution in [0.3, 0.4) is 0 Å². The van der Waals surface area contributed by atoms with E-state index in [1.54, 1.807) is 4.90 Å². The van der Waals surface area contributed by atoms with Crippen LogP contribution in [-0.2, 0) is 17.4 Å². The first-order chi connectivity index (χ1) is 12.3. The number of likely N-dealkylation sites (N-methyl/N-ethyl adjacent to an activating group) is 1. The number of benzene rings is 1. The fourth-order valence-corrected chi connectivity index (χ4v) is 2.74. The minimum atomic E-state index is -4.43. The Balaban J connectivity index is 1.61. The molecule has 0 unspecified atom stereocenters. The van der Waals surface area contributed by atoms with Crippen LogP contribution in [0.15, 0.2) is 28.8 Å². The molecule has 1 aromatic heterocycles. The van der Waals surface area contributed by atoms with Crippen LogP contribution in [0, 0.1) is 0 Å². The molecule has 1 aliphatic heterocycles. The Hall–Kier alpha value is -2.42. The van der Waals surface area contributed by atoms with E-state index < -0.39 is 11.7 Å². The molecule has 9 heteroatoms. The second-order valence-electron chi connectivity index (χ2n) is 6.27. The molecule has 1 aromatic carbocycles. The third kappa shape index (κ3) is 4.40. The van der Waals surface area contributed by atoms with Gasteiger partial charge in [0, 0.05) is 44.6 Å². The number of hydrogen-bond acceptors (Lipinski definition) is 5. The molecule has 0 radical (unpaired) electrons. The number of piperazine rings is 1. The minimum absolute atomic E-state index is 0.0110. The van der Waals surface area contributed by atoms with Crippen molar-refractivity contribution >= 4 is 5.91 Å². The maximum atomic E-state index is 12.8. The molecule has 0 saturated carbocycles. The smallest absolute Gasteiger partial charge is 0.340 e. The summed E-state index contributed by atoms with van der Waals surface area (Å²) in [5, 5.41) is 3.72. The van der Waals surface area contributed by atoms with E-state index in [1.165, 1.54) is 12.1 Å². The fourth-order valence-electron chi connectivity index (χ4n) is 2.74. The summed E-state index contributed by atoms with van der Waals surface area (Å²) in [7, 11) is 2.01. The number of nitrogens with zero attached hydrogens (tertiary/aromatic N) is 4. The third-order valence-electron chi connectivity index (χ3n) is 4.32. The minimum Gasteiger partial charge on any atom is -0.340 e. The topological polar surface area (TPSA) is 62.5 Å². The molecule has 0 atom stereocenters. The van der Waals surface area contributed by atoms with Gasteiger partial charge in [-0.05, 0) is 19.2 Å². The summed E-state index contributed by atoms with van der Waals surface area (Å²) in [6.45, 7) is 3.06. The van der Waals surface area contributed by atoms with Gasteiger partial charge < -0.3 is 14.3 Å². The van der Waals surface area contributed by atoms with E-state index in [2.05, 4.69) is 15.0 Å². The van der Waals surface area contributed by atoms with E-state index in [-0.39, 0.29) is 36.0 Å². The Morgan fingerprint density at radius 2 is 1.96 bits per heavy atom. The zero-order valence-corrected chi connectivity index (χ0v) is 14.3. The van der Waals surface area contributed by atoms with E-state index in [9.17, 15) is 18.0 Å². The van der Waals surface area contributed by atoms with Gasteiger partial charge in [-0.1, -0.05) is 17.3 Å². The van der Waals surface area contributed by atoms with Crippen LogP contribution in [0.2, 0.25) is 0 Å². The van der Waals surface area contributed by atoms with Crippen LogP contribution >= 0.6 is 0 Å². The standard InChI is InChI=1S/C17H19F3N4O2/c1-23-7-9-24(10-8-23)15(25)6-5-14-21-16(22-26-14)12-3-2-4-13(11-12)17(18,19)20/h2-4,11H,5-10H2,1H3. The highest BCUT2D eigenvalue weighted by molar-refractivity contribution is 5.76. The van der Waals surface area contributed by atoms with Crippen LogP contribution in [-0.4, -0.2) is 59.1 Å². The number of halogens is 3. The highest BCUT2D eigenvalue weighted by Gasteiger charge is 2.30. The van der Waals surface area contributed by atoms with Crippen LogP contribution in [0.5, 0.6) is 0 Å². The molecule has 3 rings (SSSR count). The van der Waals surface area contributed by atoms with Crippen molar-refractivity contribution < 1.29 is 22.5 Å². The van der Waals surface area contributed by atoms with Crippen molar-refractivity contribution in [1.82, 2.24) is 19.9 Å². The van der Waals surface area contributed by atoms with Gasteiger partial charge in [-0.3, -0.25) is 4.79 Å². The Morgan fingerprint density at radius 3 is 2.65 bits per heavy atom. The Bertz CT molecular complexity index is 767. The number of rotatable bonds is 4. The number of aromatic nitrogens is 2. The monoisotopic (exact) mass is 368 g/mol. The zero-order valence-electron chi connectivity index (χ0n) is 14.3. The zero-order chi connectivity index (χ0) is 18.7. The number of carbonyl (C=O) groups is 1. The first-order valence-electron chi connectivity index (χ1n) is 8.29. The van der Waals surface area contributed by atoms with Gasteiger partial charge >= 0.3 is 6.18 Å². The normalized spacial score (nSPS) is 16.1. The van der Waals surface area contributed by atoms with Crippen molar-refractivity contribution in [2.75, 3.05) is 33.2 Å². The lowest BCUT2D eigenvalue weighted by molar-refractivity contribution is -0.137. The maximum absolute atomic E-state index is 12.8. The molecule has 2 heterocycles. The molecule has 1 fully saturated rings. The van der Waals surface area contributed by atoms with Gasteiger partial charge in [0.15, 0.2) is 0 Å². The van der Waals surface area contributed by atoms with Gasteiger partial charge in [-0.25, -0.2) is 0 Å². The summed E-state index contributed by atoms with van der Waals surface area (Å²) < 4.78 is 43.4. The molecule has 2 aromatic rings. The van der Waals surface area contributed by atoms with E-state index in [1.807, 2.05) is 7.05 Å². The second kappa shape index (κ2) is 7.45. The molecule has 1 aliphatic rings. The van der Waals surface area contributed by atoms with Crippen molar-refractivity contribution in [1.29, 1.82) is 0 Å². The quantitative estimate of drug-likeness (QED) is 0.830. The van der Waals surface area contributed by atoms with Gasteiger partial charge in [0.25, 0.3) is 0 Å². The summed E-state index contributed by atoms with van der Waals surface area (Å²) in [5.41, 5.74) is -0.549. The highest BCUT2D eigenvalue weighted by atomic mass is 19.4. The van der Waals surface area contributed by atoms with Crippen molar-refractivity contribution in [3.8, 4) is 11.4 Å². The van der Waals surface area contributed by atoms with Crippen LogP contribution < -0.4 is 0 Å². The summed E-state index contributed by atoms with van der Waals surface area (Å²) in [5.74, 6) is 0.329. The molecule has 26 heavy (non-hydrogen) atoms. The van der Waals surface area contributed by atoms with Gasteiger partial charge in [-0.15, -0.1) is 0 Å². The second-order valence-corrected chi connectivity index (χ2v) is 6.27. The van der Waals surface area contributed by atoms with Gasteiger partial charge in [0.1, 0.15) is 0 Å². The maximum Gasteiger partial charge on any atom is 0.416 e. The van der Waals surface area contributed by atoms with Crippen LogP contribution in [0.1, 0.15) is 17.9 Å². The summed E-state index contributed by atoms with van der Waals surface area (Å²) in [6.07, 6.45) is -3.94. The number of amides is 1. The Kier molecular flexibility index (Phi) is 5.26. The number of alkyl halides is 3. The first-order valence-corrected chi connectivity index (χ1v) is 8.29. The number of aryl methyl sites for hydroxylation is 1. The van der Waals surface area contributed by atoms with E-state index in [0.29, 0.717) is 13.1 Å². The lowest BCUT2D eigenvalue weighted by atomic mass is 10.1. The summed E-state index contributed by atoms with van der Waals surface area (Å²) in [4.78, 5) is 20.3. The predicted molar refractivity (Wildman–Crippen MR) is 87.1 cm³/mol. The molecule has 0 N–H and O–H groups in total. The van der Waals surface area contributed by atoms with Gasteiger partial charge in [0.05, 0.1) is 5.56 Å². The number of carbonyl (C=O) groups excluding carboxylic acids is 1. The molecule has 140 valence electrons. The molecule has 1 amide bonds. The number of hydrogen-bond donors (Lipinski definition) is 0. The van der Waals surface area contributed by atoms with Gasteiger partial charge in [-0.2, -0.15) is 18.2 Å². The van der Waals surface area contributed by atoms with E-state index in [4.69, 9.17) is 4.52 Å². The molecule has 1 saturated heterocycles. The van der Waals surface area contributed by atoms with Crippen molar-refractivity contribution in [3.05, 3.63) is 35.7 Å². The van der Waals surface area contributed by atoms with Crippen molar-refractivity contribution in [2.24, 2.45) is 0 Å². The molecular formula is C17H19F3N4O2. The van der Waals surface area contributed by atoms with Crippen LogP contribution in [0.25, 0.3) is 11.4 Å². The van der Waals surface area contributed by atoms with E-state index >= 15 is 0 Å². The van der Waals surface area contributed by atoms with Crippen molar-refractivity contribution in [3.63, 3.8) is 0 Å². The Morgan fingerprint density at radius 1 is 1.23 bits per heavy atom. The summed E-state index contributed by atoms with van der Waals surface area (Å²) in [6, 6.07) is 4.74. The molecule has 0 bridgehead atoms. The lowest BCUT2D eigenvalue weighted by Gasteiger charge is -2.32. The SMILES string of the molecule is CN1CCN(C(=O)CCc2nc(-c3cccc(C(F)(F)F)c3)no2)CC1.